The van der Waals surface area contributed by atoms with Gasteiger partial charge in [-0.15, -0.1) is 0 Å². The SMILES string of the molecule is CC(=N)/C(=C\N[C@H]1CC[C@H](N2C[C@@H](C)O[C@@H](C)C2)CC1)Nc1ncc(-c2ccc(C#N)c(O)c2)cn1. The number of hydrogen-bond acceptors (Lipinski definition) is 9. The van der Waals surface area contributed by atoms with E-state index < -0.39 is 0 Å². The van der Waals surface area contributed by atoms with Crippen LogP contribution in [0.1, 0.15) is 52.0 Å². The molecule has 2 aromatic rings. The number of benzene rings is 1. The number of ether oxygens (including phenoxy) is 1. The molecule has 1 aliphatic carbocycles. The molecule has 4 N–H and O–H groups in total. The third-order valence-electron chi connectivity index (χ3n) is 6.88. The van der Waals surface area contributed by atoms with Gasteiger partial charge in [-0.1, -0.05) is 6.07 Å². The van der Waals surface area contributed by atoms with Crippen molar-refractivity contribution in [2.75, 3.05) is 18.4 Å². The molecule has 2 heterocycles. The Morgan fingerprint density at radius 2 is 1.81 bits per heavy atom. The summed E-state index contributed by atoms with van der Waals surface area (Å²) in [5, 5.41) is 33.7. The van der Waals surface area contributed by atoms with Crippen LogP contribution in [0.4, 0.5) is 5.95 Å². The Balaban J connectivity index is 1.32. The van der Waals surface area contributed by atoms with Crippen LogP contribution in [0.15, 0.2) is 42.5 Å². The average molecular weight is 490 g/mol. The van der Waals surface area contributed by atoms with Gasteiger partial charge in [0, 0.05) is 49.3 Å². The highest BCUT2D eigenvalue weighted by Crippen LogP contribution is 2.27. The molecule has 36 heavy (non-hydrogen) atoms. The summed E-state index contributed by atoms with van der Waals surface area (Å²) in [5.74, 6) is 0.312. The number of hydrogen-bond donors (Lipinski definition) is 4. The summed E-state index contributed by atoms with van der Waals surface area (Å²) in [5.41, 5.74) is 2.67. The molecular weight excluding hydrogens is 454 g/mol. The second-order valence-electron chi connectivity index (χ2n) is 9.83. The maximum absolute atomic E-state index is 9.93. The lowest BCUT2D eigenvalue weighted by Crippen LogP contribution is -2.51. The van der Waals surface area contributed by atoms with Crippen LogP contribution in [-0.4, -0.2) is 63.1 Å². The Labute approximate surface area is 212 Å². The fourth-order valence-electron chi connectivity index (χ4n) is 5.03. The first-order valence-corrected chi connectivity index (χ1v) is 12.6. The molecule has 0 spiro atoms. The smallest absolute Gasteiger partial charge is 0.227 e. The van der Waals surface area contributed by atoms with Crippen molar-refractivity contribution in [3.63, 3.8) is 0 Å². The van der Waals surface area contributed by atoms with Gasteiger partial charge < -0.3 is 25.9 Å². The highest BCUT2D eigenvalue weighted by molar-refractivity contribution is 5.97. The third kappa shape index (κ3) is 6.39. The molecule has 1 saturated heterocycles. The topological polar surface area (TPSA) is 130 Å². The minimum Gasteiger partial charge on any atom is -0.507 e. The average Bonchev–Trinajstić information content (AvgIpc) is 2.86. The van der Waals surface area contributed by atoms with Gasteiger partial charge in [0.2, 0.25) is 5.95 Å². The van der Waals surface area contributed by atoms with E-state index in [2.05, 4.69) is 39.3 Å². The Morgan fingerprint density at radius 3 is 2.39 bits per heavy atom. The molecule has 0 amide bonds. The fraction of sp³-hybridized carbons (Fsp3) is 0.481. The van der Waals surface area contributed by atoms with Gasteiger partial charge in [0.05, 0.1) is 29.2 Å². The molecule has 9 nitrogen and oxygen atoms in total. The number of allylic oxidation sites excluding steroid dienone is 1. The second-order valence-corrected chi connectivity index (χ2v) is 9.83. The number of morpholine rings is 1. The van der Waals surface area contributed by atoms with Crippen molar-refractivity contribution in [2.24, 2.45) is 0 Å². The van der Waals surface area contributed by atoms with Gasteiger partial charge in [-0.3, -0.25) is 4.90 Å². The minimum atomic E-state index is -0.0731. The quantitative estimate of drug-likeness (QED) is 0.429. The van der Waals surface area contributed by atoms with Crippen LogP contribution in [0, 0.1) is 16.7 Å². The van der Waals surface area contributed by atoms with Crippen LogP contribution >= 0.6 is 0 Å². The van der Waals surface area contributed by atoms with Crippen LogP contribution in [0.25, 0.3) is 11.1 Å². The lowest BCUT2D eigenvalue weighted by molar-refractivity contribution is -0.0845. The van der Waals surface area contributed by atoms with E-state index in [1.165, 1.54) is 6.07 Å². The van der Waals surface area contributed by atoms with Gasteiger partial charge >= 0.3 is 0 Å². The van der Waals surface area contributed by atoms with Crippen molar-refractivity contribution < 1.29 is 9.84 Å². The van der Waals surface area contributed by atoms with E-state index in [0.717, 1.165) is 49.9 Å². The molecular formula is C27H35N7O2. The zero-order valence-corrected chi connectivity index (χ0v) is 21.2. The van der Waals surface area contributed by atoms with Gasteiger partial charge in [0.1, 0.15) is 11.8 Å². The van der Waals surface area contributed by atoms with Crippen LogP contribution < -0.4 is 10.6 Å². The zero-order valence-electron chi connectivity index (χ0n) is 21.2. The highest BCUT2D eigenvalue weighted by Gasteiger charge is 2.30. The summed E-state index contributed by atoms with van der Waals surface area (Å²) in [6, 6.07) is 7.77. The van der Waals surface area contributed by atoms with Gasteiger partial charge in [-0.05, 0) is 64.2 Å². The molecule has 1 aliphatic heterocycles. The van der Waals surface area contributed by atoms with E-state index in [-0.39, 0.29) is 11.3 Å². The molecule has 2 atom stereocenters. The van der Waals surface area contributed by atoms with Gasteiger partial charge in [-0.25, -0.2) is 9.97 Å². The Bertz CT molecular complexity index is 1120. The van der Waals surface area contributed by atoms with E-state index in [9.17, 15) is 5.11 Å². The maximum atomic E-state index is 9.93. The first-order valence-electron chi connectivity index (χ1n) is 12.6. The lowest BCUT2D eigenvalue weighted by atomic mass is 9.89. The van der Waals surface area contributed by atoms with Gasteiger partial charge in [0.25, 0.3) is 0 Å². The monoisotopic (exact) mass is 489 g/mol. The number of nitrogens with one attached hydrogen (secondary N) is 3. The second kappa shape index (κ2) is 11.5. The predicted octanol–water partition coefficient (Wildman–Crippen LogP) is 4.02. The summed E-state index contributed by atoms with van der Waals surface area (Å²) in [6.45, 7) is 8.07. The third-order valence-corrected chi connectivity index (χ3v) is 6.88. The predicted molar refractivity (Wildman–Crippen MR) is 140 cm³/mol. The number of phenolic OH excluding ortho intramolecular Hbond substituents is 1. The zero-order chi connectivity index (χ0) is 25.7. The molecule has 0 bridgehead atoms. The number of nitrogens with zero attached hydrogens (tertiary/aromatic N) is 4. The van der Waals surface area contributed by atoms with Crippen LogP contribution in [-0.2, 0) is 4.74 Å². The minimum absolute atomic E-state index is 0.0731. The molecule has 2 fully saturated rings. The highest BCUT2D eigenvalue weighted by atomic mass is 16.5. The normalized spacial score (nSPS) is 25.1. The van der Waals surface area contributed by atoms with Gasteiger partial charge in [-0.2, -0.15) is 5.26 Å². The Hall–Kier alpha value is -3.48. The van der Waals surface area contributed by atoms with E-state index in [4.69, 9.17) is 15.4 Å². The molecule has 2 aliphatic rings. The summed E-state index contributed by atoms with van der Waals surface area (Å²) >= 11 is 0. The van der Waals surface area contributed by atoms with E-state index in [0.29, 0.717) is 41.6 Å². The first kappa shape index (κ1) is 25.6. The lowest BCUT2D eigenvalue weighted by Gasteiger charge is -2.42. The maximum Gasteiger partial charge on any atom is 0.227 e. The van der Waals surface area contributed by atoms with Crippen LogP contribution in [0.2, 0.25) is 0 Å². The van der Waals surface area contributed by atoms with Crippen molar-refractivity contribution in [1.82, 2.24) is 20.2 Å². The number of aromatic hydroxyl groups is 1. The van der Waals surface area contributed by atoms with Crippen molar-refractivity contribution in [3.05, 3.63) is 48.1 Å². The summed E-state index contributed by atoms with van der Waals surface area (Å²) in [6.07, 6.45) is 10.3. The van der Waals surface area contributed by atoms with E-state index >= 15 is 0 Å². The molecule has 4 rings (SSSR count). The first-order chi connectivity index (χ1) is 17.3. The summed E-state index contributed by atoms with van der Waals surface area (Å²) in [7, 11) is 0. The summed E-state index contributed by atoms with van der Waals surface area (Å²) < 4.78 is 5.89. The Morgan fingerprint density at radius 1 is 1.14 bits per heavy atom. The largest absolute Gasteiger partial charge is 0.507 e. The van der Waals surface area contributed by atoms with Crippen LogP contribution in [0.3, 0.4) is 0 Å². The van der Waals surface area contributed by atoms with Crippen LogP contribution in [0.5, 0.6) is 5.75 Å². The number of anilines is 1. The Kier molecular flexibility index (Phi) is 8.18. The molecule has 0 radical (unpaired) electrons. The van der Waals surface area contributed by atoms with E-state index in [1.54, 1.807) is 31.5 Å². The summed E-state index contributed by atoms with van der Waals surface area (Å²) in [4.78, 5) is 11.3. The van der Waals surface area contributed by atoms with Crippen molar-refractivity contribution >= 4 is 11.7 Å². The van der Waals surface area contributed by atoms with Crippen molar-refractivity contribution in [1.29, 1.82) is 10.7 Å². The molecule has 0 unspecified atom stereocenters. The van der Waals surface area contributed by atoms with Crippen molar-refractivity contribution in [2.45, 2.75) is 70.7 Å². The standard InChI is InChI=1S/C27H35N7O2/c1-17-15-34(16-18(2)36-17)24-8-6-23(7-9-24)30-14-25(19(3)29)33-27-31-12-22(13-32-27)20-4-5-21(11-28)26(35)10-20/h4-5,10,12-14,17-18,23-24,29-30,35H,6-9,15-16H2,1-3H3,(H,31,32,33)/b25-14+,29-19?/t17-,18+,23-,24-. The molecule has 9 heteroatoms. The number of rotatable bonds is 7. The fourth-order valence-corrected chi connectivity index (χ4v) is 5.03. The van der Waals surface area contributed by atoms with Gasteiger partial charge in [0.15, 0.2) is 0 Å². The number of phenols is 1. The molecule has 1 aromatic carbocycles. The van der Waals surface area contributed by atoms with Crippen molar-refractivity contribution in [3.8, 4) is 22.9 Å². The molecule has 1 saturated carbocycles. The van der Waals surface area contributed by atoms with E-state index in [1.807, 2.05) is 12.3 Å². The number of nitriles is 1. The number of aromatic nitrogens is 2. The molecule has 1 aromatic heterocycles. The molecule has 190 valence electrons.